The van der Waals surface area contributed by atoms with Crippen LogP contribution in [0.4, 0.5) is 4.79 Å². The summed E-state index contributed by atoms with van der Waals surface area (Å²) >= 11 is 12.4. The van der Waals surface area contributed by atoms with Gasteiger partial charge in [-0.1, -0.05) is 41.4 Å². The van der Waals surface area contributed by atoms with Crippen molar-refractivity contribution in [1.29, 1.82) is 0 Å². The quantitative estimate of drug-likeness (QED) is 0.674. The number of likely N-dealkylation sites (tertiary alicyclic amines) is 1. The predicted molar refractivity (Wildman–Crippen MR) is 110 cm³/mol. The molecule has 0 bridgehead atoms. The molecule has 152 valence electrons. The van der Waals surface area contributed by atoms with E-state index in [0.717, 1.165) is 18.5 Å². The molecular formula is C20H25Cl2N3O3. The second-order valence-electron chi connectivity index (χ2n) is 7.87. The van der Waals surface area contributed by atoms with Crippen LogP contribution in [0.5, 0.6) is 6.01 Å². The Bertz CT molecular complexity index is 810. The van der Waals surface area contributed by atoms with Crippen molar-refractivity contribution in [2.75, 3.05) is 19.7 Å². The van der Waals surface area contributed by atoms with Crippen molar-refractivity contribution in [3.63, 3.8) is 0 Å². The first-order valence-corrected chi connectivity index (χ1v) is 10.1. The van der Waals surface area contributed by atoms with Gasteiger partial charge in [0, 0.05) is 13.1 Å². The summed E-state index contributed by atoms with van der Waals surface area (Å²) in [4.78, 5) is 18.2. The smallest absolute Gasteiger partial charge is 0.410 e. The van der Waals surface area contributed by atoms with Crippen LogP contribution in [0.15, 0.2) is 30.3 Å². The minimum absolute atomic E-state index is 0.209. The van der Waals surface area contributed by atoms with Gasteiger partial charge < -0.3 is 14.4 Å². The molecule has 1 amide bonds. The summed E-state index contributed by atoms with van der Waals surface area (Å²) in [7, 11) is 0. The van der Waals surface area contributed by atoms with E-state index >= 15 is 0 Å². The van der Waals surface area contributed by atoms with Gasteiger partial charge in [-0.25, -0.2) is 4.79 Å². The molecule has 1 aliphatic rings. The molecule has 0 radical (unpaired) electrons. The Morgan fingerprint density at radius 3 is 2.43 bits per heavy atom. The second-order valence-corrected chi connectivity index (χ2v) is 8.58. The fourth-order valence-corrected chi connectivity index (χ4v) is 3.42. The Balaban J connectivity index is 1.58. The van der Waals surface area contributed by atoms with Gasteiger partial charge in [-0.2, -0.15) is 4.98 Å². The van der Waals surface area contributed by atoms with E-state index < -0.39 is 5.60 Å². The number of carbonyl (C=O) groups is 1. The average Bonchev–Trinajstić information content (AvgIpc) is 2.94. The average molecular weight is 426 g/mol. The third-order valence-corrected chi connectivity index (χ3v) is 5.19. The molecule has 0 saturated carbocycles. The van der Waals surface area contributed by atoms with Crippen LogP contribution in [0, 0.1) is 5.92 Å². The lowest BCUT2D eigenvalue weighted by molar-refractivity contribution is 0.0162. The van der Waals surface area contributed by atoms with E-state index in [1.54, 1.807) is 9.47 Å². The van der Waals surface area contributed by atoms with E-state index in [1.165, 1.54) is 0 Å². The maximum Gasteiger partial charge on any atom is 0.410 e. The zero-order chi connectivity index (χ0) is 20.3. The molecule has 1 aromatic carbocycles. The lowest BCUT2D eigenvalue weighted by atomic mass is 9.98. The number of ether oxygens (including phenoxy) is 2. The van der Waals surface area contributed by atoms with Gasteiger partial charge in [-0.3, -0.25) is 4.57 Å². The molecule has 1 aromatic heterocycles. The number of hydrogen-bond acceptors (Lipinski definition) is 4. The lowest BCUT2D eigenvalue weighted by Gasteiger charge is -2.33. The first kappa shape index (κ1) is 20.8. The van der Waals surface area contributed by atoms with Crippen LogP contribution in [0.3, 0.4) is 0 Å². The summed E-state index contributed by atoms with van der Waals surface area (Å²) < 4.78 is 13.1. The monoisotopic (exact) mass is 425 g/mol. The molecule has 2 heterocycles. The summed E-state index contributed by atoms with van der Waals surface area (Å²) in [6.45, 7) is 7.40. The Morgan fingerprint density at radius 1 is 1.18 bits per heavy atom. The SMILES string of the molecule is CC(C)(C)OC(=O)N1CCC(COc2nc(Cl)c(Cl)n2-c2ccccc2)CC1. The van der Waals surface area contributed by atoms with Crippen LogP contribution >= 0.6 is 23.2 Å². The van der Waals surface area contributed by atoms with E-state index in [4.69, 9.17) is 32.7 Å². The van der Waals surface area contributed by atoms with Crippen molar-refractivity contribution < 1.29 is 14.3 Å². The van der Waals surface area contributed by atoms with Crippen molar-refractivity contribution in [2.24, 2.45) is 5.92 Å². The predicted octanol–water partition coefficient (Wildman–Crippen LogP) is 5.21. The molecule has 1 aliphatic heterocycles. The number of carbonyl (C=O) groups excluding carboxylic acids is 1. The molecule has 0 N–H and O–H groups in total. The van der Waals surface area contributed by atoms with Gasteiger partial charge in [0.15, 0.2) is 10.3 Å². The van der Waals surface area contributed by atoms with Crippen LogP contribution in [-0.2, 0) is 4.74 Å². The van der Waals surface area contributed by atoms with Gasteiger partial charge in [-0.15, -0.1) is 0 Å². The third kappa shape index (κ3) is 5.11. The van der Waals surface area contributed by atoms with Crippen molar-refractivity contribution in [3.8, 4) is 11.7 Å². The standard InChI is InChI=1S/C20H25Cl2N3O3/c1-20(2,3)28-19(26)24-11-9-14(10-12-24)13-27-18-23-16(21)17(22)25(18)15-7-5-4-6-8-15/h4-8,14H,9-13H2,1-3H3. The van der Waals surface area contributed by atoms with Crippen LogP contribution in [0.25, 0.3) is 5.69 Å². The van der Waals surface area contributed by atoms with Crippen molar-refractivity contribution in [1.82, 2.24) is 14.5 Å². The van der Waals surface area contributed by atoms with Gasteiger partial charge in [0.2, 0.25) is 0 Å². The number of rotatable bonds is 4. The van der Waals surface area contributed by atoms with E-state index in [1.807, 2.05) is 51.1 Å². The molecule has 0 unspecified atom stereocenters. The highest BCUT2D eigenvalue weighted by molar-refractivity contribution is 6.40. The van der Waals surface area contributed by atoms with Gasteiger partial charge >= 0.3 is 12.1 Å². The largest absolute Gasteiger partial charge is 0.464 e. The zero-order valence-corrected chi connectivity index (χ0v) is 17.8. The molecule has 28 heavy (non-hydrogen) atoms. The van der Waals surface area contributed by atoms with Crippen molar-refractivity contribution in [3.05, 3.63) is 40.6 Å². The van der Waals surface area contributed by atoms with E-state index in [9.17, 15) is 4.79 Å². The van der Waals surface area contributed by atoms with Gasteiger partial charge in [0.1, 0.15) is 5.60 Å². The van der Waals surface area contributed by atoms with Crippen molar-refractivity contribution in [2.45, 2.75) is 39.2 Å². The van der Waals surface area contributed by atoms with Crippen LogP contribution in [-0.4, -0.2) is 45.8 Å². The number of imidazole rings is 1. The Morgan fingerprint density at radius 2 is 1.82 bits per heavy atom. The highest BCUT2D eigenvalue weighted by atomic mass is 35.5. The maximum absolute atomic E-state index is 12.2. The number of para-hydroxylation sites is 1. The maximum atomic E-state index is 12.2. The molecule has 0 atom stereocenters. The highest BCUT2D eigenvalue weighted by Crippen LogP contribution is 2.31. The molecule has 6 nitrogen and oxygen atoms in total. The summed E-state index contributed by atoms with van der Waals surface area (Å²) in [5, 5.41) is 0.530. The van der Waals surface area contributed by atoms with Crippen LogP contribution < -0.4 is 4.74 Å². The molecule has 8 heteroatoms. The van der Waals surface area contributed by atoms with Gasteiger partial charge in [0.05, 0.1) is 12.3 Å². The number of benzene rings is 1. The fraction of sp³-hybridized carbons (Fsp3) is 0.500. The summed E-state index contributed by atoms with van der Waals surface area (Å²) in [6, 6.07) is 9.95. The molecule has 0 aliphatic carbocycles. The van der Waals surface area contributed by atoms with Crippen molar-refractivity contribution >= 4 is 29.3 Å². The Hall–Kier alpha value is -1.92. The number of aromatic nitrogens is 2. The molecule has 0 spiro atoms. The molecular weight excluding hydrogens is 401 g/mol. The summed E-state index contributed by atoms with van der Waals surface area (Å²) in [5.41, 5.74) is 0.353. The minimum atomic E-state index is -0.482. The number of amides is 1. The topological polar surface area (TPSA) is 56.6 Å². The molecule has 2 aromatic rings. The second kappa shape index (κ2) is 8.62. The Kier molecular flexibility index (Phi) is 6.40. The number of piperidine rings is 1. The first-order chi connectivity index (χ1) is 13.2. The third-order valence-electron chi connectivity index (χ3n) is 4.48. The number of hydrogen-bond donors (Lipinski definition) is 0. The molecule has 1 fully saturated rings. The molecule has 3 rings (SSSR count). The normalized spacial score (nSPS) is 15.5. The lowest BCUT2D eigenvalue weighted by Crippen LogP contribution is -2.42. The van der Waals surface area contributed by atoms with Gasteiger partial charge in [0.25, 0.3) is 0 Å². The van der Waals surface area contributed by atoms with E-state index in [2.05, 4.69) is 4.98 Å². The van der Waals surface area contributed by atoms with E-state index in [0.29, 0.717) is 36.8 Å². The Labute approximate surface area is 175 Å². The number of halogens is 2. The zero-order valence-electron chi connectivity index (χ0n) is 16.3. The van der Waals surface area contributed by atoms with E-state index in [-0.39, 0.29) is 11.2 Å². The first-order valence-electron chi connectivity index (χ1n) is 9.34. The van der Waals surface area contributed by atoms with Gasteiger partial charge in [-0.05, 0) is 51.7 Å². The summed E-state index contributed by atoms with van der Waals surface area (Å²) in [6.07, 6.45) is 1.42. The highest BCUT2D eigenvalue weighted by Gasteiger charge is 2.27. The summed E-state index contributed by atoms with van der Waals surface area (Å²) in [5.74, 6) is 0.317. The fourth-order valence-electron chi connectivity index (χ4n) is 3.06. The molecule has 1 saturated heterocycles. The van der Waals surface area contributed by atoms with Crippen LogP contribution in [0.1, 0.15) is 33.6 Å². The van der Waals surface area contributed by atoms with Crippen LogP contribution in [0.2, 0.25) is 10.3 Å². The number of nitrogens with zero attached hydrogens (tertiary/aromatic N) is 3. The minimum Gasteiger partial charge on any atom is -0.464 e.